The molecule has 1 fully saturated rings. The fourth-order valence-corrected chi connectivity index (χ4v) is 2.05. The fraction of sp³-hybridized carbons (Fsp3) is 0.909. The van der Waals surface area contributed by atoms with Gasteiger partial charge in [0.1, 0.15) is 0 Å². The minimum atomic E-state index is -0.138. The first kappa shape index (κ1) is 12.5. The van der Waals surface area contributed by atoms with Crippen molar-refractivity contribution < 1.29 is 14.6 Å². The Morgan fingerprint density at radius 3 is 3.00 bits per heavy atom. The van der Waals surface area contributed by atoms with Crippen LogP contribution in [0.4, 0.5) is 0 Å². The van der Waals surface area contributed by atoms with Crippen LogP contribution in [0.15, 0.2) is 0 Å². The molecule has 0 saturated carbocycles. The molecule has 0 radical (unpaired) electrons. The SMILES string of the molecule is CCOC(=O)C(C)CN1CCC[C@H]1CO. The van der Waals surface area contributed by atoms with Gasteiger partial charge in [0.05, 0.1) is 19.1 Å². The van der Waals surface area contributed by atoms with Crippen molar-refractivity contribution in [3.05, 3.63) is 0 Å². The number of rotatable bonds is 5. The van der Waals surface area contributed by atoms with Crippen molar-refractivity contribution in [3.63, 3.8) is 0 Å². The summed E-state index contributed by atoms with van der Waals surface area (Å²) in [5, 5.41) is 9.13. The van der Waals surface area contributed by atoms with Crippen molar-refractivity contribution in [2.24, 2.45) is 5.92 Å². The molecule has 0 amide bonds. The van der Waals surface area contributed by atoms with Gasteiger partial charge in [-0.05, 0) is 26.3 Å². The highest BCUT2D eigenvalue weighted by Crippen LogP contribution is 2.18. The summed E-state index contributed by atoms with van der Waals surface area (Å²) in [5.74, 6) is -0.238. The molecule has 0 aromatic heterocycles. The molecule has 0 spiro atoms. The molecule has 1 aliphatic heterocycles. The summed E-state index contributed by atoms with van der Waals surface area (Å²) in [4.78, 5) is 13.6. The molecule has 88 valence electrons. The van der Waals surface area contributed by atoms with Gasteiger partial charge in [-0.3, -0.25) is 9.69 Å². The summed E-state index contributed by atoms with van der Waals surface area (Å²) >= 11 is 0. The molecule has 1 unspecified atom stereocenters. The largest absolute Gasteiger partial charge is 0.466 e. The van der Waals surface area contributed by atoms with Crippen molar-refractivity contribution in [1.29, 1.82) is 0 Å². The van der Waals surface area contributed by atoms with Crippen LogP contribution in [-0.4, -0.2) is 48.3 Å². The van der Waals surface area contributed by atoms with Gasteiger partial charge in [-0.25, -0.2) is 0 Å². The zero-order valence-electron chi connectivity index (χ0n) is 9.61. The van der Waals surface area contributed by atoms with Gasteiger partial charge < -0.3 is 9.84 Å². The topological polar surface area (TPSA) is 49.8 Å². The van der Waals surface area contributed by atoms with Crippen LogP contribution in [0.1, 0.15) is 26.7 Å². The van der Waals surface area contributed by atoms with Crippen LogP contribution < -0.4 is 0 Å². The Morgan fingerprint density at radius 1 is 1.67 bits per heavy atom. The summed E-state index contributed by atoms with van der Waals surface area (Å²) in [6.45, 7) is 6.00. The second-order valence-corrected chi connectivity index (χ2v) is 4.13. The number of nitrogens with zero attached hydrogens (tertiary/aromatic N) is 1. The van der Waals surface area contributed by atoms with Crippen LogP contribution in [0.5, 0.6) is 0 Å². The average Bonchev–Trinajstić information content (AvgIpc) is 2.65. The Labute approximate surface area is 91.2 Å². The van der Waals surface area contributed by atoms with E-state index in [9.17, 15) is 4.79 Å². The van der Waals surface area contributed by atoms with E-state index < -0.39 is 0 Å². The van der Waals surface area contributed by atoms with E-state index in [1.54, 1.807) is 0 Å². The summed E-state index contributed by atoms with van der Waals surface area (Å²) in [5.41, 5.74) is 0. The standard InChI is InChI=1S/C11H21NO3/c1-3-15-11(14)9(2)7-12-6-4-5-10(12)8-13/h9-10,13H,3-8H2,1-2H3/t9?,10-/m0/s1. The van der Waals surface area contributed by atoms with E-state index in [2.05, 4.69) is 4.90 Å². The number of hydrogen-bond acceptors (Lipinski definition) is 4. The maximum atomic E-state index is 11.4. The molecular weight excluding hydrogens is 194 g/mol. The van der Waals surface area contributed by atoms with Gasteiger partial charge in [0.15, 0.2) is 0 Å². The molecule has 1 aliphatic rings. The van der Waals surface area contributed by atoms with Crippen LogP contribution in [0.2, 0.25) is 0 Å². The zero-order valence-corrected chi connectivity index (χ0v) is 9.61. The molecule has 1 saturated heterocycles. The minimum absolute atomic E-state index is 0.0999. The quantitative estimate of drug-likeness (QED) is 0.684. The summed E-state index contributed by atoms with van der Waals surface area (Å²) in [6.07, 6.45) is 2.15. The van der Waals surface area contributed by atoms with Gasteiger partial charge in [-0.15, -0.1) is 0 Å². The molecule has 0 aromatic carbocycles. The monoisotopic (exact) mass is 215 g/mol. The smallest absolute Gasteiger partial charge is 0.309 e. The van der Waals surface area contributed by atoms with E-state index in [1.807, 2.05) is 13.8 Å². The van der Waals surface area contributed by atoms with Crippen molar-refractivity contribution in [2.75, 3.05) is 26.3 Å². The minimum Gasteiger partial charge on any atom is -0.466 e. The molecule has 0 aliphatic carbocycles. The Kier molecular flexibility index (Phi) is 5.05. The summed E-state index contributed by atoms with van der Waals surface area (Å²) < 4.78 is 4.95. The van der Waals surface area contributed by atoms with E-state index >= 15 is 0 Å². The number of aliphatic hydroxyl groups is 1. The first-order chi connectivity index (χ1) is 7.19. The molecule has 0 bridgehead atoms. The van der Waals surface area contributed by atoms with Crippen LogP contribution in [0, 0.1) is 5.92 Å². The van der Waals surface area contributed by atoms with Crippen LogP contribution in [-0.2, 0) is 9.53 Å². The Bertz CT molecular complexity index is 208. The second-order valence-electron chi connectivity index (χ2n) is 4.13. The predicted octanol–water partition coefficient (Wildman–Crippen LogP) is 0.642. The van der Waals surface area contributed by atoms with Crippen LogP contribution >= 0.6 is 0 Å². The van der Waals surface area contributed by atoms with E-state index in [-0.39, 0.29) is 24.5 Å². The lowest BCUT2D eigenvalue weighted by atomic mass is 10.1. The van der Waals surface area contributed by atoms with E-state index in [4.69, 9.17) is 9.84 Å². The predicted molar refractivity (Wildman–Crippen MR) is 57.5 cm³/mol. The number of hydrogen-bond donors (Lipinski definition) is 1. The van der Waals surface area contributed by atoms with Crippen molar-refractivity contribution in [3.8, 4) is 0 Å². The molecule has 4 heteroatoms. The van der Waals surface area contributed by atoms with E-state index in [1.165, 1.54) is 0 Å². The lowest BCUT2D eigenvalue weighted by Crippen LogP contribution is -2.38. The third kappa shape index (κ3) is 3.47. The normalized spacial score (nSPS) is 24.1. The molecule has 2 atom stereocenters. The highest BCUT2D eigenvalue weighted by Gasteiger charge is 2.27. The van der Waals surface area contributed by atoms with Gasteiger partial charge in [0.25, 0.3) is 0 Å². The Balaban J connectivity index is 2.36. The molecule has 4 nitrogen and oxygen atoms in total. The number of ether oxygens (including phenoxy) is 1. The molecule has 0 aromatic rings. The second kappa shape index (κ2) is 6.08. The molecule has 1 rings (SSSR count). The van der Waals surface area contributed by atoms with E-state index in [0.717, 1.165) is 19.4 Å². The lowest BCUT2D eigenvalue weighted by Gasteiger charge is -2.25. The highest BCUT2D eigenvalue weighted by molar-refractivity contribution is 5.72. The van der Waals surface area contributed by atoms with Gasteiger partial charge in [0, 0.05) is 12.6 Å². The number of aliphatic hydroxyl groups excluding tert-OH is 1. The number of carbonyl (C=O) groups is 1. The van der Waals surface area contributed by atoms with Gasteiger partial charge in [0.2, 0.25) is 0 Å². The van der Waals surface area contributed by atoms with Crippen LogP contribution in [0.25, 0.3) is 0 Å². The average molecular weight is 215 g/mol. The maximum Gasteiger partial charge on any atom is 0.309 e. The van der Waals surface area contributed by atoms with Crippen molar-refractivity contribution in [2.45, 2.75) is 32.7 Å². The Morgan fingerprint density at radius 2 is 2.40 bits per heavy atom. The van der Waals surface area contributed by atoms with Crippen molar-refractivity contribution >= 4 is 5.97 Å². The Hall–Kier alpha value is -0.610. The van der Waals surface area contributed by atoms with Gasteiger partial charge in [-0.2, -0.15) is 0 Å². The highest BCUT2D eigenvalue weighted by atomic mass is 16.5. The van der Waals surface area contributed by atoms with Gasteiger partial charge >= 0.3 is 5.97 Å². The molecule has 1 N–H and O–H groups in total. The lowest BCUT2D eigenvalue weighted by molar-refractivity contribution is -0.148. The number of carbonyl (C=O) groups excluding carboxylic acids is 1. The zero-order chi connectivity index (χ0) is 11.3. The summed E-state index contributed by atoms with van der Waals surface area (Å²) in [6, 6.07) is 0.238. The van der Waals surface area contributed by atoms with Crippen molar-refractivity contribution in [1.82, 2.24) is 4.90 Å². The molecular formula is C11H21NO3. The first-order valence-electron chi connectivity index (χ1n) is 5.70. The van der Waals surface area contributed by atoms with E-state index in [0.29, 0.717) is 13.2 Å². The maximum absolute atomic E-state index is 11.4. The molecule has 15 heavy (non-hydrogen) atoms. The van der Waals surface area contributed by atoms with Crippen LogP contribution in [0.3, 0.4) is 0 Å². The number of esters is 1. The fourth-order valence-electron chi connectivity index (χ4n) is 2.05. The first-order valence-corrected chi connectivity index (χ1v) is 5.70. The van der Waals surface area contributed by atoms with Gasteiger partial charge in [-0.1, -0.05) is 6.92 Å². The molecule has 1 heterocycles. The number of likely N-dealkylation sites (tertiary alicyclic amines) is 1. The third-order valence-corrected chi connectivity index (χ3v) is 2.91. The summed E-state index contributed by atoms with van der Waals surface area (Å²) in [7, 11) is 0. The third-order valence-electron chi connectivity index (χ3n) is 2.91.